The Morgan fingerprint density at radius 2 is 2.35 bits per heavy atom. The van der Waals surface area contributed by atoms with Crippen LogP contribution >= 0.6 is 11.8 Å². The van der Waals surface area contributed by atoms with Crippen LogP contribution in [0.1, 0.15) is 47.5 Å². The molecule has 0 atom stereocenters. The van der Waals surface area contributed by atoms with Crippen LogP contribution in [0, 0.1) is 0 Å². The molecule has 1 aliphatic rings. The van der Waals surface area contributed by atoms with E-state index in [-0.39, 0.29) is 5.91 Å². The second-order valence-electron chi connectivity index (χ2n) is 6.59. The van der Waals surface area contributed by atoms with Crippen LogP contribution in [-0.4, -0.2) is 41.0 Å². The number of carbonyl (C=O) groups is 1. The maximum atomic E-state index is 12.3. The molecule has 136 valence electrons. The molecule has 3 aromatic rings. The Hall–Kier alpha value is -2.55. The molecule has 4 heterocycles. The minimum absolute atomic E-state index is 0.206. The minimum Gasteiger partial charge on any atom is -0.345 e. The zero-order chi connectivity index (χ0) is 18.1. The molecule has 0 saturated heterocycles. The number of hydrogen-bond donors (Lipinski definition) is 2. The number of H-pyrrole nitrogens is 1. The van der Waals surface area contributed by atoms with Crippen LogP contribution in [0.25, 0.3) is 0 Å². The quantitative estimate of drug-likeness (QED) is 0.691. The second-order valence-corrected chi connectivity index (χ2v) is 7.65. The third-order valence-electron chi connectivity index (χ3n) is 4.25. The summed E-state index contributed by atoms with van der Waals surface area (Å²) in [4.78, 5) is 21.2. The van der Waals surface area contributed by atoms with Crippen LogP contribution in [0.4, 0.5) is 0 Å². The molecule has 3 aromatic heterocycles. The van der Waals surface area contributed by atoms with Crippen molar-refractivity contribution in [2.75, 3.05) is 5.75 Å². The van der Waals surface area contributed by atoms with Crippen LogP contribution in [0.2, 0.25) is 0 Å². The summed E-state index contributed by atoms with van der Waals surface area (Å²) in [7, 11) is 0. The molecular formula is C17H21N7OS. The van der Waals surface area contributed by atoms with Crippen molar-refractivity contribution >= 4 is 17.7 Å². The predicted octanol–water partition coefficient (Wildman–Crippen LogP) is 2.01. The van der Waals surface area contributed by atoms with E-state index in [4.69, 9.17) is 0 Å². The largest absolute Gasteiger partial charge is 0.345 e. The van der Waals surface area contributed by atoms with E-state index in [0.717, 1.165) is 34.7 Å². The average Bonchev–Trinajstić information content (AvgIpc) is 3.36. The number of hydrogen-bond acceptors (Lipinski definition) is 5. The fraction of sp³-hybridized carbons (Fsp3) is 0.412. The highest BCUT2D eigenvalue weighted by molar-refractivity contribution is 7.99. The lowest BCUT2D eigenvalue weighted by Gasteiger charge is -2.08. The first-order valence-electron chi connectivity index (χ1n) is 8.62. The Morgan fingerprint density at radius 3 is 3.15 bits per heavy atom. The van der Waals surface area contributed by atoms with Gasteiger partial charge in [0, 0.05) is 36.8 Å². The van der Waals surface area contributed by atoms with Gasteiger partial charge in [-0.25, -0.2) is 9.97 Å². The zero-order valence-electron chi connectivity index (χ0n) is 14.8. The lowest BCUT2D eigenvalue weighted by molar-refractivity contribution is 0.0945. The maximum Gasteiger partial charge on any atom is 0.272 e. The van der Waals surface area contributed by atoms with Gasteiger partial charge < -0.3 is 14.5 Å². The van der Waals surface area contributed by atoms with Gasteiger partial charge in [0.25, 0.3) is 5.91 Å². The number of aromatic amines is 1. The summed E-state index contributed by atoms with van der Waals surface area (Å²) in [6, 6.07) is 1.78. The number of aryl methyl sites for hydroxylation is 1. The van der Waals surface area contributed by atoms with Gasteiger partial charge in [0.2, 0.25) is 0 Å². The number of fused-ring (bicyclic) bond motifs is 1. The van der Waals surface area contributed by atoms with E-state index in [0.29, 0.717) is 24.7 Å². The van der Waals surface area contributed by atoms with Crippen molar-refractivity contribution in [3.05, 3.63) is 47.6 Å². The van der Waals surface area contributed by atoms with Crippen molar-refractivity contribution in [3.8, 4) is 0 Å². The second kappa shape index (κ2) is 6.99. The van der Waals surface area contributed by atoms with Gasteiger partial charge in [-0.05, 0) is 6.07 Å². The standard InChI is InChI=1S/C17H21N7OS/c1-11(2)15-18-3-4-23(15)9-12-7-14(22-21-12)16(25)19-8-13-10-24-5-6-26-17(24)20-13/h3-4,7,10-11H,5-6,8-9H2,1-2H3,(H,19,25)(H,21,22). The van der Waals surface area contributed by atoms with Gasteiger partial charge in [-0.3, -0.25) is 9.89 Å². The smallest absolute Gasteiger partial charge is 0.272 e. The number of amides is 1. The first kappa shape index (κ1) is 16.9. The Balaban J connectivity index is 1.37. The summed E-state index contributed by atoms with van der Waals surface area (Å²) >= 11 is 1.74. The monoisotopic (exact) mass is 371 g/mol. The van der Waals surface area contributed by atoms with Gasteiger partial charge >= 0.3 is 0 Å². The number of carbonyl (C=O) groups excluding carboxylic acids is 1. The number of thioether (sulfide) groups is 1. The molecule has 1 amide bonds. The Kier molecular flexibility index (Phi) is 4.54. The predicted molar refractivity (Wildman–Crippen MR) is 98.1 cm³/mol. The molecule has 0 spiro atoms. The first-order valence-corrected chi connectivity index (χ1v) is 9.61. The molecule has 0 unspecified atom stereocenters. The normalized spacial score (nSPS) is 13.3. The summed E-state index contributed by atoms with van der Waals surface area (Å²) in [5.41, 5.74) is 2.12. The van der Waals surface area contributed by atoms with E-state index >= 15 is 0 Å². The van der Waals surface area contributed by atoms with Crippen molar-refractivity contribution in [2.45, 2.75) is 44.6 Å². The van der Waals surface area contributed by atoms with E-state index in [1.54, 1.807) is 24.0 Å². The number of aromatic nitrogens is 6. The molecule has 4 rings (SSSR count). The Labute approximate surface area is 155 Å². The summed E-state index contributed by atoms with van der Waals surface area (Å²) in [6.45, 7) is 6.21. The van der Waals surface area contributed by atoms with Gasteiger partial charge in [0.15, 0.2) is 5.16 Å². The summed E-state index contributed by atoms with van der Waals surface area (Å²) in [5, 5.41) is 11.0. The minimum atomic E-state index is -0.206. The molecule has 1 aliphatic heterocycles. The topological polar surface area (TPSA) is 93.4 Å². The highest BCUT2D eigenvalue weighted by atomic mass is 32.2. The van der Waals surface area contributed by atoms with Crippen LogP contribution < -0.4 is 5.32 Å². The summed E-state index contributed by atoms with van der Waals surface area (Å²) in [5.74, 6) is 2.21. The summed E-state index contributed by atoms with van der Waals surface area (Å²) < 4.78 is 4.18. The molecule has 26 heavy (non-hydrogen) atoms. The van der Waals surface area contributed by atoms with Crippen LogP contribution in [0.5, 0.6) is 0 Å². The van der Waals surface area contributed by atoms with E-state index in [9.17, 15) is 4.79 Å². The van der Waals surface area contributed by atoms with Crippen molar-refractivity contribution in [3.63, 3.8) is 0 Å². The fourth-order valence-corrected chi connectivity index (χ4v) is 3.97. The van der Waals surface area contributed by atoms with Crippen LogP contribution in [0.3, 0.4) is 0 Å². The molecule has 0 aromatic carbocycles. The van der Waals surface area contributed by atoms with Gasteiger partial charge in [-0.1, -0.05) is 25.6 Å². The number of nitrogens with zero attached hydrogens (tertiary/aromatic N) is 5. The van der Waals surface area contributed by atoms with Crippen LogP contribution in [-0.2, 0) is 19.6 Å². The van der Waals surface area contributed by atoms with Gasteiger partial charge in [0.1, 0.15) is 11.5 Å². The van der Waals surface area contributed by atoms with Crippen molar-refractivity contribution < 1.29 is 4.79 Å². The van der Waals surface area contributed by atoms with Crippen LogP contribution in [0.15, 0.2) is 29.8 Å². The van der Waals surface area contributed by atoms with E-state index < -0.39 is 0 Å². The highest BCUT2D eigenvalue weighted by Crippen LogP contribution is 2.24. The molecule has 0 bridgehead atoms. The highest BCUT2D eigenvalue weighted by Gasteiger charge is 2.16. The Bertz CT molecular complexity index is 902. The average molecular weight is 371 g/mol. The van der Waals surface area contributed by atoms with E-state index in [1.807, 2.05) is 12.4 Å². The molecular weight excluding hydrogens is 350 g/mol. The van der Waals surface area contributed by atoms with Crippen molar-refractivity contribution in [2.24, 2.45) is 0 Å². The maximum absolute atomic E-state index is 12.3. The molecule has 0 aliphatic carbocycles. The SMILES string of the molecule is CC(C)c1nccn1Cc1cc(C(=O)NCc2cn3c(n2)SCC3)n[nH]1. The number of rotatable bonds is 6. The van der Waals surface area contributed by atoms with Crippen molar-refractivity contribution in [1.29, 1.82) is 0 Å². The third kappa shape index (κ3) is 3.39. The fourth-order valence-electron chi connectivity index (χ4n) is 3.01. The molecule has 0 fully saturated rings. The number of imidazole rings is 2. The van der Waals surface area contributed by atoms with Crippen molar-refractivity contribution in [1.82, 2.24) is 34.6 Å². The molecule has 0 saturated carbocycles. The lowest BCUT2D eigenvalue weighted by Crippen LogP contribution is -2.23. The molecule has 9 heteroatoms. The van der Waals surface area contributed by atoms with Gasteiger partial charge in [-0.2, -0.15) is 5.10 Å². The molecule has 8 nitrogen and oxygen atoms in total. The number of nitrogens with one attached hydrogen (secondary N) is 2. The third-order valence-corrected chi connectivity index (χ3v) is 5.22. The zero-order valence-corrected chi connectivity index (χ0v) is 15.6. The lowest BCUT2D eigenvalue weighted by atomic mass is 10.2. The Morgan fingerprint density at radius 1 is 1.46 bits per heavy atom. The first-order chi connectivity index (χ1) is 12.6. The van der Waals surface area contributed by atoms with E-state index in [1.165, 1.54) is 0 Å². The van der Waals surface area contributed by atoms with Gasteiger partial charge in [0.05, 0.1) is 24.5 Å². The van der Waals surface area contributed by atoms with Gasteiger partial charge in [-0.15, -0.1) is 0 Å². The molecule has 2 N–H and O–H groups in total. The van der Waals surface area contributed by atoms with E-state index in [2.05, 4.69) is 48.5 Å². The summed E-state index contributed by atoms with van der Waals surface area (Å²) in [6.07, 6.45) is 5.73. The molecule has 0 radical (unpaired) electrons.